The molecule has 0 amide bonds. The van der Waals surface area contributed by atoms with Gasteiger partial charge < -0.3 is 5.73 Å². The molecule has 18 heavy (non-hydrogen) atoms. The molecule has 0 atom stereocenters. The van der Waals surface area contributed by atoms with Crippen LogP contribution >= 0.6 is 11.3 Å². The highest BCUT2D eigenvalue weighted by Crippen LogP contribution is 2.18. The van der Waals surface area contributed by atoms with Gasteiger partial charge in [-0.05, 0) is 24.6 Å². The third-order valence-electron chi connectivity index (χ3n) is 2.40. The monoisotopic (exact) mass is 283 g/mol. The highest BCUT2D eigenvalue weighted by molar-refractivity contribution is 7.89. The summed E-state index contributed by atoms with van der Waals surface area (Å²) >= 11 is 1.40. The van der Waals surface area contributed by atoms with E-state index in [0.29, 0.717) is 11.3 Å². The Morgan fingerprint density at radius 3 is 2.89 bits per heavy atom. The maximum Gasteiger partial charge on any atom is 0.241 e. The molecule has 0 aliphatic heterocycles. The summed E-state index contributed by atoms with van der Waals surface area (Å²) in [7, 11) is -3.55. The molecule has 7 heteroatoms. The summed E-state index contributed by atoms with van der Waals surface area (Å²) in [5, 5.41) is 2.52. The van der Waals surface area contributed by atoms with Crippen LogP contribution in [0.4, 0.5) is 5.69 Å². The van der Waals surface area contributed by atoms with Gasteiger partial charge in [0.2, 0.25) is 10.0 Å². The number of anilines is 1. The van der Waals surface area contributed by atoms with Gasteiger partial charge in [0, 0.05) is 17.3 Å². The highest BCUT2D eigenvalue weighted by Gasteiger charge is 2.17. The maximum atomic E-state index is 12.1. The van der Waals surface area contributed by atoms with Crippen molar-refractivity contribution in [1.29, 1.82) is 0 Å². The average Bonchev–Trinajstić information content (AvgIpc) is 2.83. The first-order valence-electron chi connectivity index (χ1n) is 5.23. The van der Waals surface area contributed by atoms with Crippen molar-refractivity contribution >= 4 is 27.0 Å². The lowest BCUT2D eigenvalue weighted by molar-refractivity contribution is 0.580. The lowest BCUT2D eigenvalue weighted by Gasteiger charge is -2.09. The summed E-state index contributed by atoms with van der Waals surface area (Å²) in [6, 6.07) is 4.82. The van der Waals surface area contributed by atoms with E-state index in [9.17, 15) is 8.42 Å². The van der Waals surface area contributed by atoms with Crippen LogP contribution < -0.4 is 10.5 Å². The number of hydrogen-bond donors (Lipinski definition) is 2. The van der Waals surface area contributed by atoms with Crippen molar-refractivity contribution in [3.05, 3.63) is 40.3 Å². The van der Waals surface area contributed by atoms with Crippen molar-refractivity contribution < 1.29 is 8.42 Å². The standard InChI is InChI=1S/C11H13N3O2S2/c1-8-2-3-9(12)6-10(8)18(15,16)14-7-11-13-4-5-17-11/h2-6,14H,7,12H2,1H3. The Morgan fingerprint density at radius 1 is 1.44 bits per heavy atom. The quantitative estimate of drug-likeness (QED) is 0.833. The topological polar surface area (TPSA) is 85.1 Å². The van der Waals surface area contributed by atoms with Crippen molar-refractivity contribution in [2.45, 2.75) is 18.4 Å². The molecule has 0 spiro atoms. The van der Waals surface area contributed by atoms with Gasteiger partial charge in [0.15, 0.2) is 0 Å². The number of hydrogen-bond acceptors (Lipinski definition) is 5. The summed E-state index contributed by atoms with van der Waals surface area (Å²) in [4.78, 5) is 4.23. The Hall–Kier alpha value is -1.44. The zero-order chi connectivity index (χ0) is 13.2. The third-order valence-corrected chi connectivity index (χ3v) is 4.72. The molecule has 0 aliphatic rings. The van der Waals surface area contributed by atoms with Gasteiger partial charge in [-0.15, -0.1) is 11.3 Å². The van der Waals surface area contributed by atoms with Gasteiger partial charge in [0.1, 0.15) is 5.01 Å². The number of aromatic nitrogens is 1. The first-order valence-corrected chi connectivity index (χ1v) is 7.59. The summed E-state index contributed by atoms with van der Waals surface area (Å²) in [6.07, 6.45) is 1.64. The van der Waals surface area contributed by atoms with E-state index in [1.165, 1.54) is 17.4 Å². The van der Waals surface area contributed by atoms with E-state index < -0.39 is 10.0 Å². The Labute approximate surface area is 110 Å². The van der Waals surface area contributed by atoms with Gasteiger partial charge in [-0.25, -0.2) is 18.1 Å². The second kappa shape index (κ2) is 5.05. The lowest BCUT2D eigenvalue weighted by atomic mass is 10.2. The minimum absolute atomic E-state index is 0.189. The normalized spacial score (nSPS) is 11.6. The predicted molar refractivity (Wildman–Crippen MR) is 71.7 cm³/mol. The van der Waals surface area contributed by atoms with E-state index in [2.05, 4.69) is 9.71 Å². The predicted octanol–water partition coefficient (Wildman–Crippen LogP) is 1.51. The molecule has 0 saturated heterocycles. The van der Waals surface area contributed by atoms with Crippen molar-refractivity contribution in [3.63, 3.8) is 0 Å². The first kappa shape index (κ1) is 13.0. The number of aryl methyl sites for hydroxylation is 1. The summed E-state index contributed by atoms with van der Waals surface area (Å²) < 4.78 is 26.7. The molecular weight excluding hydrogens is 270 g/mol. The molecule has 2 rings (SSSR count). The van der Waals surface area contributed by atoms with E-state index in [1.54, 1.807) is 30.6 Å². The molecule has 1 aromatic carbocycles. The van der Waals surface area contributed by atoms with Gasteiger partial charge in [0.05, 0.1) is 11.4 Å². The first-order chi connectivity index (χ1) is 8.49. The van der Waals surface area contributed by atoms with E-state index in [0.717, 1.165) is 5.01 Å². The fourth-order valence-electron chi connectivity index (χ4n) is 1.48. The average molecular weight is 283 g/mol. The van der Waals surface area contributed by atoms with Crippen LogP contribution in [-0.2, 0) is 16.6 Å². The van der Waals surface area contributed by atoms with E-state index in [1.807, 2.05) is 0 Å². The summed E-state index contributed by atoms with van der Waals surface area (Å²) in [5.41, 5.74) is 6.70. The molecule has 1 heterocycles. The molecule has 0 fully saturated rings. The molecule has 5 nitrogen and oxygen atoms in total. The van der Waals surface area contributed by atoms with Gasteiger partial charge in [-0.1, -0.05) is 6.07 Å². The fourth-order valence-corrected chi connectivity index (χ4v) is 3.39. The SMILES string of the molecule is Cc1ccc(N)cc1S(=O)(=O)NCc1nccs1. The van der Waals surface area contributed by atoms with Gasteiger partial charge in [-0.3, -0.25) is 0 Å². The smallest absolute Gasteiger partial charge is 0.241 e. The van der Waals surface area contributed by atoms with Crippen LogP contribution in [0.15, 0.2) is 34.7 Å². The fraction of sp³-hybridized carbons (Fsp3) is 0.182. The Bertz CT molecular complexity index is 636. The maximum absolute atomic E-state index is 12.1. The Balaban J connectivity index is 2.22. The molecule has 0 saturated carbocycles. The Morgan fingerprint density at radius 2 is 2.22 bits per heavy atom. The molecule has 1 aromatic heterocycles. The van der Waals surface area contributed by atoms with E-state index in [4.69, 9.17) is 5.73 Å². The van der Waals surface area contributed by atoms with Crippen molar-refractivity contribution in [2.75, 3.05) is 5.73 Å². The highest BCUT2D eigenvalue weighted by atomic mass is 32.2. The van der Waals surface area contributed by atoms with E-state index >= 15 is 0 Å². The number of thiazole rings is 1. The van der Waals surface area contributed by atoms with Crippen LogP contribution in [0.3, 0.4) is 0 Å². The van der Waals surface area contributed by atoms with Crippen molar-refractivity contribution in [3.8, 4) is 0 Å². The molecule has 0 radical (unpaired) electrons. The molecular formula is C11H13N3O2S2. The second-order valence-corrected chi connectivity index (χ2v) is 6.49. The zero-order valence-electron chi connectivity index (χ0n) is 9.75. The number of nitrogens with two attached hydrogens (primary N) is 1. The number of nitrogen functional groups attached to an aromatic ring is 1. The van der Waals surface area contributed by atoms with Crippen molar-refractivity contribution in [2.24, 2.45) is 0 Å². The van der Waals surface area contributed by atoms with E-state index in [-0.39, 0.29) is 11.4 Å². The number of nitrogens with one attached hydrogen (secondary N) is 1. The minimum Gasteiger partial charge on any atom is -0.399 e. The molecule has 2 aromatic rings. The third kappa shape index (κ3) is 2.87. The number of rotatable bonds is 4. The Kier molecular flexibility index (Phi) is 3.65. The van der Waals surface area contributed by atoms with Gasteiger partial charge in [-0.2, -0.15) is 0 Å². The van der Waals surface area contributed by atoms with Crippen LogP contribution in [0.1, 0.15) is 10.6 Å². The summed E-state index contributed by atoms with van der Waals surface area (Å²) in [5.74, 6) is 0. The largest absolute Gasteiger partial charge is 0.399 e. The van der Waals surface area contributed by atoms with Crippen LogP contribution in [0.25, 0.3) is 0 Å². The van der Waals surface area contributed by atoms with Crippen LogP contribution in [0.2, 0.25) is 0 Å². The molecule has 0 aliphatic carbocycles. The lowest BCUT2D eigenvalue weighted by Crippen LogP contribution is -2.24. The van der Waals surface area contributed by atoms with Crippen molar-refractivity contribution in [1.82, 2.24) is 9.71 Å². The van der Waals surface area contributed by atoms with Gasteiger partial charge in [0.25, 0.3) is 0 Å². The molecule has 0 bridgehead atoms. The minimum atomic E-state index is -3.55. The van der Waals surface area contributed by atoms with Crippen LogP contribution in [0, 0.1) is 6.92 Å². The van der Waals surface area contributed by atoms with Gasteiger partial charge >= 0.3 is 0 Å². The number of sulfonamides is 1. The second-order valence-electron chi connectivity index (χ2n) is 3.78. The molecule has 3 N–H and O–H groups in total. The van der Waals surface area contributed by atoms with Crippen LogP contribution in [-0.4, -0.2) is 13.4 Å². The molecule has 96 valence electrons. The number of nitrogens with zero attached hydrogens (tertiary/aromatic N) is 1. The number of benzene rings is 1. The summed E-state index contributed by atoms with van der Waals surface area (Å²) in [6.45, 7) is 1.92. The zero-order valence-corrected chi connectivity index (χ0v) is 11.4. The van der Waals surface area contributed by atoms with Crippen LogP contribution in [0.5, 0.6) is 0 Å². The molecule has 0 unspecified atom stereocenters.